The molecule has 3 aliphatic rings. The molecule has 1 aromatic heterocycles. The van der Waals surface area contributed by atoms with Crippen LogP contribution in [-0.2, 0) is 12.8 Å². The van der Waals surface area contributed by atoms with Crippen molar-refractivity contribution in [3.05, 3.63) is 46.1 Å². The standard InChI is InChI=1S/C22H24ClN3O.CH4O/c23-15-10-8-14(9-11-15)18-16-6-2-3-7-17(16)24-20-19(18)21(27)26-22(25-20)12-4-1-5-13-22;1-2/h8-11H,1-7,12-13H2,(H,24,25)(H,26,27);2H,1H3. The van der Waals surface area contributed by atoms with Crippen LogP contribution in [0.3, 0.4) is 0 Å². The number of pyridine rings is 1. The van der Waals surface area contributed by atoms with Crippen LogP contribution in [-0.4, -0.2) is 28.8 Å². The number of hydrogen-bond acceptors (Lipinski definition) is 4. The molecule has 1 aliphatic heterocycles. The number of aliphatic hydroxyl groups excluding tert-OH is 1. The van der Waals surface area contributed by atoms with Crippen LogP contribution in [0.25, 0.3) is 11.1 Å². The van der Waals surface area contributed by atoms with Gasteiger partial charge in [-0.25, -0.2) is 4.98 Å². The van der Waals surface area contributed by atoms with Gasteiger partial charge in [-0.1, -0.05) is 30.2 Å². The van der Waals surface area contributed by atoms with Gasteiger partial charge in [0, 0.05) is 23.4 Å². The summed E-state index contributed by atoms with van der Waals surface area (Å²) in [7, 11) is 1.00. The number of rotatable bonds is 1. The van der Waals surface area contributed by atoms with Gasteiger partial charge in [-0.05, 0) is 74.6 Å². The Hall–Kier alpha value is -2.11. The first-order valence-electron chi connectivity index (χ1n) is 10.5. The molecule has 0 bridgehead atoms. The molecular weight excluding hydrogens is 386 g/mol. The second kappa shape index (κ2) is 8.33. The minimum absolute atomic E-state index is 0.0106. The molecule has 2 aromatic rings. The van der Waals surface area contributed by atoms with Gasteiger partial charge in [0.2, 0.25) is 0 Å². The van der Waals surface area contributed by atoms with Gasteiger partial charge in [-0.2, -0.15) is 0 Å². The Morgan fingerprint density at radius 3 is 2.34 bits per heavy atom. The monoisotopic (exact) mass is 413 g/mol. The molecule has 5 rings (SSSR count). The Morgan fingerprint density at radius 1 is 0.931 bits per heavy atom. The van der Waals surface area contributed by atoms with Crippen LogP contribution in [0.2, 0.25) is 5.02 Å². The number of fused-ring (bicyclic) bond motifs is 2. The zero-order valence-corrected chi connectivity index (χ0v) is 17.6. The average molecular weight is 414 g/mol. The molecule has 6 heteroatoms. The summed E-state index contributed by atoms with van der Waals surface area (Å²) < 4.78 is 0. The summed E-state index contributed by atoms with van der Waals surface area (Å²) in [5.41, 5.74) is 4.86. The number of halogens is 1. The molecule has 1 fully saturated rings. The van der Waals surface area contributed by atoms with Crippen molar-refractivity contribution in [1.82, 2.24) is 10.3 Å². The quantitative estimate of drug-likeness (QED) is 0.633. The lowest BCUT2D eigenvalue weighted by atomic mass is 9.83. The summed E-state index contributed by atoms with van der Waals surface area (Å²) in [5, 5.41) is 14.7. The van der Waals surface area contributed by atoms with Gasteiger partial charge in [0.05, 0.1) is 5.56 Å². The molecular formula is C23H28ClN3O2. The van der Waals surface area contributed by atoms with E-state index in [-0.39, 0.29) is 11.6 Å². The summed E-state index contributed by atoms with van der Waals surface area (Å²) >= 11 is 6.11. The third-order valence-corrected chi connectivity index (χ3v) is 6.50. The van der Waals surface area contributed by atoms with Gasteiger partial charge in [-0.15, -0.1) is 0 Å². The number of hydrogen-bond donors (Lipinski definition) is 3. The number of aromatic nitrogens is 1. The van der Waals surface area contributed by atoms with Gasteiger partial charge in [-0.3, -0.25) is 4.79 Å². The summed E-state index contributed by atoms with van der Waals surface area (Å²) in [5.74, 6) is 0.780. The number of carbonyl (C=O) groups excluding carboxylic acids is 1. The lowest BCUT2D eigenvalue weighted by Crippen LogP contribution is -2.59. The molecule has 2 heterocycles. The zero-order valence-electron chi connectivity index (χ0n) is 16.9. The predicted molar refractivity (Wildman–Crippen MR) is 116 cm³/mol. The second-order valence-corrected chi connectivity index (χ2v) is 8.51. The molecule has 3 N–H and O–H groups in total. The minimum atomic E-state index is -0.324. The van der Waals surface area contributed by atoms with Crippen molar-refractivity contribution in [2.24, 2.45) is 0 Å². The molecule has 154 valence electrons. The number of nitrogens with one attached hydrogen (secondary N) is 2. The Labute approximate surface area is 176 Å². The van der Waals surface area contributed by atoms with Gasteiger partial charge in [0.15, 0.2) is 0 Å². The highest BCUT2D eigenvalue weighted by atomic mass is 35.5. The predicted octanol–water partition coefficient (Wildman–Crippen LogP) is 4.71. The molecule has 1 spiro atoms. The summed E-state index contributed by atoms with van der Waals surface area (Å²) in [4.78, 5) is 18.2. The maximum Gasteiger partial charge on any atom is 0.257 e. The smallest absolute Gasteiger partial charge is 0.257 e. The first-order valence-corrected chi connectivity index (χ1v) is 10.9. The molecule has 2 aliphatic carbocycles. The van der Waals surface area contributed by atoms with Crippen molar-refractivity contribution in [1.29, 1.82) is 0 Å². The minimum Gasteiger partial charge on any atom is -0.400 e. The largest absolute Gasteiger partial charge is 0.400 e. The third kappa shape index (κ3) is 3.74. The molecule has 29 heavy (non-hydrogen) atoms. The number of benzene rings is 1. The Balaban J connectivity index is 0.000000994. The van der Waals surface area contributed by atoms with E-state index in [0.717, 1.165) is 81.1 Å². The fourth-order valence-electron chi connectivity index (χ4n) is 4.93. The van der Waals surface area contributed by atoms with Gasteiger partial charge >= 0.3 is 0 Å². The molecule has 1 amide bonds. The summed E-state index contributed by atoms with van der Waals surface area (Å²) in [6, 6.07) is 7.83. The number of amides is 1. The number of aryl methyl sites for hydroxylation is 1. The Morgan fingerprint density at radius 2 is 1.62 bits per heavy atom. The van der Waals surface area contributed by atoms with E-state index in [4.69, 9.17) is 21.7 Å². The average Bonchev–Trinajstić information content (AvgIpc) is 2.75. The van der Waals surface area contributed by atoms with E-state index in [1.54, 1.807) is 0 Å². The van der Waals surface area contributed by atoms with Crippen LogP contribution in [0.5, 0.6) is 0 Å². The van der Waals surface area contributed by atoms with E-state index in [0.29, 0.717) is 10.6 Å². The topological polar surface area (TPSA) is 74.2 Å². The fraction of sp³-hybridized carbons (Fsp3) is 0.478. The van der Waals surface area contributed by atoms with E-state index >= 15 is 0 Å². The maximum absolute atomic E-state index is 13.3. The molecule has 1 saturated carbocycles. The van der Waals surface area contributed by atoms with Crippen molar-refractivity contribution < 1.29 is 9.90 Å². The number of aliphatic hydroxyl groups is 1. The van der Waals surface area contributed by atoms with E-state index in [1.165, 1.54) is 12.0 Å². The van der Waals surface area contributed by atoms with Crippen LogP contribution in [0.1, 0.15) is 66.6 Å². The van der Waals surface area contributed by atoms with Crippen LogP contribution in [0, 0.1) is 0 Å². The van der Waals surface area contributed by atoms with Crippen LogP contribution in [0.4, 0.5) is 5.82 Å². The van der Waals surface area contributed by atoms with Crippen molar-refractivity contribution in [3.63, 3.8) is 0 Å². The highest BCUT2D eigenvalue weighted by molar-refractivity contribution is 6.30. The fourth-order valence-corrected chi connectivity index (χ4v) is 5.06. The van der Waals surface area contributed by atoms with Crippen LogP contribution < -0.4 is 10.6 Å². The SMILES string of the molecule is CO.O=C1NC2(CCCCC2)Nc2nc3c(c(-c4ccc(Cl)cc4)c21)CCCC3. The highest BCUT2D eigenvalue weighted by Gasteiger charge is 2.41. The molecule has 1 aromatic carbocycles. The lowest BCUT2D eigenvalue weighted by Gasteiger charge is -2.43. The first-order chi connectivity index (χ1) is 14.2. The van der Waals surface area contributed by atoms with Gasteiger partial charge < -0.3 is 15.7 Å². The van der Waals surface area contributed by atoms with Gasteiger partial charge in [0.25, 0.3) is 5.91 Å². The zero-order chi connectivity index (χ0) is 20.4. The molecule has 0 saturated heterocycles. The van der Waals surface area contributed by atoms with Crippen LogP contribution >= 0.6 is 11.6 Å². The summed E-state index contributed by atoms with van der Waals surface area (Å²) in [6.07, 6.45) is 9.71. The molecule has 0 radical (unpaired) electrons. The third-order valence-electron chi connectivity index (χ3n) is 6.25. The number of nitrogens with zero attached hydrogens (tertiary/aromatic N) is 1. The van der Waals surface area contributed by atoms with E-state index in [9.17, 15) is 4.79 Å². The molecule has 0 unspecified atom stereocenters. The molecule has 5 nitrogen and oxygen atoms in total. The Bertz CT molecular complexity index is 905. The van der Waals surface area contributed by atoms with Crippen molar-refractivity contribution in [3.8, 4) is 11.1 Å². The van der Waals surface area contributed by atoms with Crippen molar-refractivity contribution >= 4 is 23.3 Å². The molecule has 0 atom stereocenters. The van der Waals surface area contributed by atoms with Crippen molar-refractivity contribution in [2.45, 2.75) is 63.5 Å². The second-order valence-electron chi connectivity index (χ2n) is 8.07. The van der Waals surface area contributed by atoms with Gasteiger partial charge in [0.1, 0.15) is 11.5 Å². The maximum atomic E-state index is 13.3. The highest BCUT2D eigenvalue weighted by Crippen LogP contribution is 2.41. The number of carbonyl (C=O) groups is 1. The van der Waals surface area contributed by atoms with E-state index < -0.39 is 0 Å². The van der Waals surface area contributed by atoms with E-state index in [1.807, 2.05) is 24.3 Å². The first kappa shape index (κ1) is 20.2. The van der Waals surface area contributed by atoms with Crippen LogP contribution in [0.15, 0.2) is 24.3 Å². The Kier molecular flexibility index (Phi) is 5.79. The van der Waals surface area contributed by atoms with Crippen molar-refractivity contribution in [2.75, 3.05) is 12.4 Å². The normalized spacial score (nSPS) is 19.2. The number of anilines is 1. The summed E-state index contributed by atoms with van der Waals surface area (Å²) in [6.45, 7) is 0. The lowest BCUT2D eigenvalue weighted by molar-refractivity contribution is 0.0875. The van der Waals surface area contributed by atoms with E-state index in [2.05, 4.69) is 10.6 Å².